The van der Waals surface area contributed by atoms with Crippen molar-refractivity contribution in [3.63, 3.8) is 0 Å². The normalized spacial score (nSPS) is 18.5. The summed E-state index contributed by atoms with van der Waals surface area (Å²) in [6, 6.07) is 3.72. The third kappa shape index (κ3) is 2.62. The van der Waals surface area contributed by atoms with E-state index in [9.17, 15) is 4.79 Å². The number of anilines is 1. The maximum absolute atomic E-state index is 12.2. The van der Waals surface area contributed by atoms with E-state index in [1.54, 1.807) is 6.20 Å². The van der Waals surface area contributed by atoms with Gasteiger partial charge in [0.25, 0.3) is 5.91 Å². The number of amides is 1. The van der Waals surface area contributed by atoms with Crippen molar-refractivity contribution in [3.05, 3.63) is 23.2 Å². The van der Waals surface area contributed by atoms with Gasteiger partial charge < -0.3 is 15.8 Å². The number of thiophene rings is 1. The molecule has 1 aliphatic heterocycles. The van der Waals surface area contributed by atoms with Crippen LogP contribution in [0.1, 0.15) is 22.5 Å². The van der Waals surface area contributed by atoms with E-state index in [0.717, 1.165) is 36.3 Å². The van der Waals surface area contributed by atoms with Crippen LogP contribution in [-0.4, -0.2) is 30.6 Å². The Balaban J connectivity index is 1.64. The average Bonchev–Trinajstić information content (AvgIpc) is 3.08. The molecule has 0 aliphatic carbocycles. The van der Waals surface area contributed by atoms with E-state index in [1.165, 1.54) is 11.3 Å². The van der Waals surface area contributed by atoms with E-state index in [4.69, 9.17) is 10.5 Å². The summed E-state index contributed by atoms with van der Waals surface area (Å²) >= 11 is 1.34. The Morgan fingerprint density at radius 1 is 1.60 bits per heavy atom. The van der Waals surface area contributed by atoms with E-state index < -0.39 is 0 Å². The molecule has 6 heteroatoms. The molecule has 0 radical (unpaired) electrons. The van der Waals surface area contributed by atoms with Crippen molar-refractivity contribution in [2.75, 3.05) is 25.5 Å². The smallest absolute Gasteiger partial charge is 0.263 e. The molecule has 2 aromatic heterocycles. The van der Waals surface area contributed by atoms with Crippen molar-refractivity contribution in [2.45, 2.75) is 12.8 Å². The summed E-state index contributed by atoms with van der Waals surface area (Å²) in [5, 5.41) is 3.79. The highest BCUT2D eigenvalue weighted by molar-refractivity contribution is 7.21. The number of pyridine rings is 1. The van der Waals surface area contributed by atoms with Gasteiger partial charge in [-0.05, 0) is 30.9 Å². The minimum Gasteiger partial charge on any atom is -0.397 e. The van der Waals surface area contributed by atoms with Crippen molar-refractivity contribution in [3.8, 4) is 0 Å². The van der Waals surface area contributed by atoms with Crippen LogP contribution in [0.2, 0.25) is 0 Å². The third-order valence-corrected chi connectivity index (χ3v) is 4.70. The first kappa shape index (κ1) is 13.3. The lowest BCUT2D eigenvalue weighted by atomic mass is 10.1. The first-order chi connectivity index (χ1) is 9.75. The molecule has 1 saturated heterocycles. The van der Waals surface area contributed by atoms with Gasteiger partial charge in [0.2, 0.25) is 0 Å². The van der Waals surface area contributed by atoms with Crippen LogP contribution in [0.4, 0.5) is 5.69 Å². The lowest BCUT2D eigenvalue weighted by molar-refractivity contribution is 0.0955. The Morgan fingerprint density at radius 2 is 2.50 bits per heavy atom. The fourth-order valence-electron chi connectivity index (χ4n) is 2.40. The number of carbonyl (C=O) groups excluding carboxylic acids is 1. The summed E-state index contributed by atoms with van der Waals surface area (Å²) < 4.78 is 5.32. The molecular formula is C14H17N3O2S. The number of nitrogens with two attached hydrogens (primary N) is 1. The lowest BCUT2D eigenvalue weighted by Crippen LogP contribution is -2.25. The van der Waals surface area contributed by atoms with Crippen LogP contribution < -0.4 is 11.1 Å². The molecule has 1 fully saturated rings. The predicted molar refractivity (Wildman–Crippen MR) is 79.9 cm³/mol. The lowest BCUT2D eigenvalue weighted by Gasteiger charge is -2.08. The van der Waals surface area contributed by atoms with Gasteiger partial charge in [-0.3, -0.25) is 4.79 Å². The topological polar surface area (TPSA) is 77.2 Å². The van der Waals surface area contributed by atoms with Crippen LogP contribution in [0.5, 0.6) is 0 Å². The van der Waals surface area contributed by atoms with Gasteiger partial charge in [-0.1, -0.05) is 0 Å². The molecule has 0 spiro atoms. The first-order valence-corrected chi connectivity index (χ1v) is 7.56. The minimum absolute atomic E-state index is 0.107. The van der Waals surface area contributed by atoms with Crippen molar-refractivity contribution >= 4 is 33.1 Å². The maximum Gasteiger partial charge on any atom is 0.263 e. The van der Waals surface area contributed by atoms with Crippen molar-refractivity contribution < 1.29 is 9.53 Å². The highest BCUT2D eigenvalue weighted by Crippen LogP contribution is 2.31. The minimum atomic E-state index is -0.107. The Hall–Kier alpha value is -1.66. The van der Waals surface area contributed by atoms with Crippen molar-refractivity contribution in [2.24, 2.45) is 5.92 Å². The van der Waals surface area contributed by atoms with E-state index in [-0.39, 0.29) is 5.91 Å². The number of nitrogens with zero attached hydrogens (tertiary/aromatic N) is 1. The molecule has 1 unspecified atom stereocenters. The second-order valence-electron chi connectivity index (χ2n) is 4.98. The molecule has 1 amide bonds. The zero-order chi connectivity index (χ0) is 13.9. The first-order valence-electron chi connectivity index (χ1n) is 6.74. The SMILES string of the molecule is Nc1c(C(=O)NCCC2CCOC2)sc2ncccc12. The van der Waals surface area contributed by atoms with Crippen LogP contribution in [-0.2, 0) is 4.74 Å². The molecule has 20 heavy (non-hydrogen) atoms. The van der Waals surface area contributed by atoms with E-state index in [1.807, 2.05) is 12.1 Å². The van der Waals surface area contributed by atoms with Gasteiger partial charge in [0.1, 0.15) is 9.71 Å². The Labute approximate surface area is 121 Å². The highest BCUT2D eigenvalue weighted by Gasteiger charge is 2.18. The second-order valence-corrected chi connectivity index (χ2v) is 5.97. The molecule has 1 aliphatic rings. The van der Waals surface area contributed by atoms with Crippen LogP contribution in [0, 0.1) is 5.92 Å². The van der Waals surface area contributed by atoms with Crippen LogP contribution in [0.15, 0.2) is 18.3 Å². The molecule has 106 valence electrons. The van der Waals surface area contributed by atoms with Gasteiger partial charge in [0.05, 0.1) is 5.69 Å². The fourth-order valence-corrected chi connectivity index (χ4v) is 3.38. The van der Waals surface area contributed by atoms with E-state index in [2.05, 4.69) is 10.3 Å². The van der Waals surface area contributed by atoms with Gasteiger partial charge in [-0.25, -0.2) is 4.98 Å². The summed E-state index contributed by atoms with van der Waals surface area (Å²) in [4.78, 5) is 17.8. The molecule has 5 nitrogen and oxygen atoms in total. The molecule has 0 aromatic carbocycles. The summed E-state index contributed by atoms with van der Waals surface area (Å²) in [5.41, 5.74) is 6.55. The number of fused-ring (bicyclic) bond motifs is 1. The zero-order valence-electron chi connectivity index (χ0n) is 11.1. The average molecular weight is 291 g/mol. The number of carbonyl (C=O) groups is 1. The Bertz CT molecular complexity index is 620. The van der Waals surface area contributed by atoms with Crippen molar-refractivity contribution in [1.29, 1.82) is 0 Å². The second kappa shape index (κ2) is 5.76. The third-order valence-electron chi connectivity index (χ3n) is 3.57. The number of hydrogen-bond acceptors (Lipinski definition) is 5. The molecule has 0 saturated carbocycles. The van der Waals surface area contributed by atoms with Crippen molar-refractivity contribution in [1.82, 2.24) is 10.3 Å². The van der Waals surface area contributed by atoms with Gasteiger partial charge in [-0.15, -0.1) is 11.3 Å². The Kier molecular flexibility index (Phi) is 3.84. The van der Waals surface area contributed by atoms with Crippen LogP contribution >= 0.6 is 11.3 Å². The standard InChI is InChI=1S/C14H17N3O2S/c15-11-10-2-1-5-17-14(10)20-12(11)13(18)16-6-3-9-4-7-19-8-9/h1-2,5,9H,3-4,6-8,15H2,(H,16,18). The van der Waals surface area contributed by atoms with Gasteiger partial charge >= 0.3 is 0 Å². The molecule has 2 aromatic rings. The molecule has 0 bridgehead atoms. The van der Waals surface area contributed by atoms with Gasteiger partial charge in [0.15, 0.2) is 0 Å². The Morgan fingerprint density at radius 3 is 3.25 bits per heavy atom. The highest BCUT2D eigenvalue weighted by atomic mass is 32.1. The molecule has 3 heterocycles. The molecule has 3 rings (SSSR count). The summed E-state index contributed by atoms with van der Waals surface area (Å²) in [5.74, 6) is 0.459. The van der Waals surface area contributed by atoms with Crippen LogP contribution in [0.3, 0.4) is 0 Å². The van der Waals surface area contributed by atoms with Crippen LogP contribution in [0.25, 0.3) is 10.2 Å². The number of rotatable bonds is 4. The number of nitrogens with one attached hydrogen (secondary N) is 1. The molecule has 1 atom stereocenters. The maximum atomic E-state index is 12.2. The van der Waals surface area contributed by atoms with E-state index in [0.29, 0.717) is 23.0 Å². The van der Waals surface area contributed by atoms with Gasteiger partial charge in [0, 0.05) is 31.3 Å². The van der Waals surface area contributed by atoms with E-state index >= 15 is 0 Å². The largest absolute Gasteiger partial charge is 0.397 e. The number of nitrogen functional groups attached to an aromatic ring is 1. The fraction of sp³-hybridized carbons (Fsp3) is 0.429. The van der Waals surface area contributed by atoms with Gasteiger partial charge in [-0.2, -0.15) is 0 Å². The number of ether oxygens (including phenoxy) is 1. The number of aromatic nitrogens is 1. The molecular weight excluding hydrogens is 274 g/mol. The summed E-state index contributed by atoms with van der Waals surface area (Å²) in [6.45, 7) is 2.31. The summed E-state index contributed by atoms with van der Waals surface area (Å²) in [7, 11) is 0. The predicted octanol–water partition coefficient (Wildman–Crippen LogP) is 2.03. The quantitative estimate of drug-likeness (QED) is 0.903. The molecule has 3 N–H and O–H groups in total. The number of hydrogen-bond donors (Lipinski definition) is 2. The zero-order valence-corrected chi connectivity index (χ0v) is 11.9. The monoisotopic (exact) mass is 291 g/mol. The summed E-state index contributed by atoms with van der Waals surface area (Å²) in [6.07, 6.45) is 3.75.